The van der Waals surface area contributed by atoms with E-state index >= 15 is 0 Å². The fraction of sp³-hybridized carbons (Fsp3) is 1.00. The fourth-order valence-electron chi connectivity index (χ4n) is 2.00. The molecule has 0 aromatic carbocycles. The Labute approximate surface area is 106 Å². The first-order valence-corrected chi connectivity index (χ1v) is 8.06. The summed E-state index contributed by atoms with van der Waals surface area (Å²) >= 11 is 0. The minimum Gasteiger partial charge on any atom is -0.313 e. The number of sulfonamides is 1. The third kappa shape index (κ3) is 4.23. The topological polar surface area (TPSA) is 49.4 Å². The van der Waals surface area contributed by atoms with Crippen LogP contribution < -0.4 is 5.32 Å². The lowest BCUT2D eigenvalue weighted by Gasteiger charge is -2.31. The summed E-state index contributed by atoms with van der Waals surface area (Å²) in [5.41, 5.74) is 0. The highest BCUT2D eigenvalue weighted by Crippen LogP contribution is 2.20. The summed E-state index contributed by atoms with van der Waals surface area (Å²) < 4.78 is 26.2. The van der Waals surface area contributed by atoms with Gasteiger partial charge in [0.25, 0.3) is 0 Å². The van der Waals surface area contributed by atoms with Gasteiger partial charge in [-0.2, -0.15) is 0 Å². The van der Waals surface area contributed by atoms with Gasteiger partial charge in [0.05, 0.1) is 5.25 Å². The molecular weight excluding hydrogens is 236 g/mol. The van der Waals surface area contributed by atoms with Gasteiger partial charge in [-0.05, 0) is 25.7 Å². The lowest BCUT2D eigenvalue weighted by Crippen LogP contribution is -2.46. The van der Waals surface area contributed by atoms with Crippen LogP contribution in [0.25, 0.3) is 0 Å². The fourth-order valence-corrected chi connectivity index (χ4v) is 3.54. The number of nitrogens with one attached hydrogen (secondary N) is 1. The number of piperidine rings is 1. The first-order valence-electron chi connectivity index (χ1n) is 6.56. The summed E-state index contributed by atoms with van der Waals surface area (Å²) in [5, 5.41) is 2.86. The normalized spacial score (nSPS) is 21.9. The van der Waals surface area contributed by atoms with Crippen LogP contribution in [0.5, 0.6) is 0 Å². The van der Waals surface area contributed by atoms with Crippen molar-refractivity contribution < 1.29 is 8.42 Å². The minimum atomic E-state index is -3.11. The van der Waals surface area contributed by atoms with E-state index in [2.05, 4.69) is 12.2 Å². The van der Waals surface area contributed by atoms with E-state index < -0.39 is 10.0 Å². The second-order valence-corrected chi connectivity index (χ2v) is 7.85. The summed E-state index contributed by atoms with van der Waals surface area (Å²) in [4.78, 5) is 0. The molecule has 1 N–H and O–H groups in total. The molecule has 1 rings (SSSR count). The number of hydrogen-bond acceptors (Lipinski definition) is 3. The van der Waals surface area contributed by atoms with Crippen molar-refractivity contribution in [3.8, 4) is 0 Å². The second kappa shape index (κ2) is 6.16. The zero-order valence-corrected chi connectivity index (χ0v) is 12.3. The molecule has 0 aromatic heterocycles. The maximum atomic E-state index is 12.3. The van der Waals surface area contributed by atoms with E-state index in [1.54, 1.807) is 11.2 Å². The molecule has 0 saturated carbocycles. The molecule has 0 bridgehead atoms. The summed E-state index contributed by atoms with van der Waals surface area (Å²) in [7, 11) is -3.11. The zero-order chi connectivity index (χ0) is 13.1. The van der Waals surface area contributed by atoms with Gasteiger partial charge in [0, 0.05) is 25.7 Å². The van der Waals surface area contributed by atoms with Crippen molar-refractivity contribution in [1.29, 1.82) is 0 Å². The Kier molecular flexibility index (Phi) is 5.41. The molecule has 0 amide bonds. The summed E-state index contributed by atoms with van der Waals surface area (Å²) in [6.45, 7) is 9.96. The Morgan fingerprint density at radius 1 is 1.24 bits per heavy atom. The smallest absolute Gasteiger partial charge is 0.217 e. The van der Waals surface area contributed by atoms with Crippen LogP contribution in [0.1, 0.15) is 40.5 Å². The minimum absolute atomic E-state index is 0.328. The molecule has 4 nitrogen and oxygen atoms in total. The summed E-state index contributed by atoms with van der Waals surface area (Å²) in [6.07, 6.45) is 1.98. The zero-order valence-electron chi connectivity index (χ0n) is 11.4. The van der Waals surface area contributed by atoms with Crippen molar-refractivity contribution in [3.63, 3.8) is 0 Å². The van der Waals surface area contributed by atoms with Crippen LogP contribution in [0.4, 0.5) is 0 Å². The second-order valence-electron chi connectivity index (χ2n) is 5.50. The molecule has 1 fully saturated rings. The van der Waals surface area contributed by atoms with Crippen molar-refractivity contribution >= 4 is 10.0 Å². The van der Waals surface area contributed by atoms with Crippen LogP contribution in [0, 0.1) is 5.92 Å². The van der Waals surface area contributed by atoms with Gasteiger partial charge >= 0.3 is 0 Å². The number of rotatable bonds is 5. The van der Waals surface area contributed by atoms with Gasteiger partial charge in [-0.1, -0.05) is 20.8 Å². The monoisotopic (exact) mass is 262 g/mol. The van der Waals surface area contributed by atoms with Crippen molar-refractivity contribution in [2.75, 3.05) is 19.6 Å². The highest BCUT2D eigenvalue weighted by molar-refractivity contribution is 7.89. The van der Waals surface area contributed by atoms with Crippen molar-refractivity contribution in [1.82, 2.24) is 9.62 Å². The number of hydrogen-bond donors (Lipinski definition) is 1. The van der Waals surface area contributed by atoms with Crippen LogP contribution in [0.2, 0.25) is 0 Å². The molecular formula is C12H26N2O2S. The van der Waals surface area contributed by atoms with E-state index in [1.807, 2.05) is 13.8 Å². The van der Waals surface area contributed by atoms with E-state index in [1.165, 1.54) is 0 Å². The maximum absolute atomic E-state index is 12.3. The van der Waals surface area contributed by atoms with Crippen LogP contribution in [0.3, 0.4) is 0 Å². The van der Waals surface area contributed by atoms with Crippen LogP contribution in [-0.2, 0) is 10.0 Å². The lowest BCUT2D eigenvalue weighted by atomic mass is 10.0. The van der Waals surface area contributed by atoms with Gasteiger partial charge in [-0.25, -0.2) is 12.7 Å². The molecule has 0 aliphatic carbocycles. The molecule has 1 saturated heterocycles. The van der Waals surface area contributed by atoms with Gasteiger partial charge in [0.1, 0.15) is 0 Å². The van der Waals surface area contributed by atoms with Crippen molar-refractivity contribution in [2.24, 2.45) is 5.92 Å². The Hall–Kier alpha value is -0.130. The summed E-state index contributed by atoms with van der Waals surface area (Å²) in [6, 6.07) is 0.328. The van der Waals surface area contributed by atoms with Gasteiger partial charge in [-0.3, -0.25) is 0 Å². The van der Waals surface area contributed by atoms with Crippen molar-refractivity contribution in [3.05, 3.63) is 0 Å². The molecule has 0 spiro atoms. The quantitative estimate of drug-likeness (QED) is 0.815. The highest BCUT2D eigenvalue weighted by Gasteiger charge is 2.30. The Balaban J connectivity index is 2.55. The van der Waals surface area contributed by atoms with E-state index in [0.717, 1.165) is 12.8 Å². The van der Waals surface area contributed by atoms with E-state index in [9.17, 15) is 8.42 Å². The largest absolute Gasteiger partial charge is 0.313 e. The van der Waals surface area contributed by atoms with Gasteiger partial charge in [0.2, 0.25) is 10.0 Å². The molecule has 1 atom stereocenters. The molecule has 1 aliphatic heterocycles. The van der Waals surface area contributed by atoms with E-state index in [0.29, 0.717) is 31.6 Å². The first-order chi connectivity index (χ1) is 7.84. The molecule has 17 heavy (non-hydrogen) atoms. The average Bonchev–Trinajstić information content (AvgIpc) is 2.26. The van der Waals surface area contributed by atoms with E-state index in [-0.39, 0.29) is 5.25 Å². The molecule has 1 unspecified atom stereocenters. The average molecular weight is 262 g/mol. The third-order valence-corrected chi connectivity index (χ3v) is 5.69. The SMILES string of the molecule is CC1CCN(S(=O)(=O)C(C)CNC(C)C)CC1. The molecule has 102 valence electrons. The van der Waals surface area contributed by atoms with Gasteiger partial charge in [0.15, 0.2) is 0 Å². The Morgan fingerprint density at radius 3 is 2.24 bits per heavy atom. The predicted molar refractivity (Wildman–Crippen MR) is 71.5 cm³/mol. The lowest BCUT2D eigenvalue weighted by molar-refractivity contribution is 0.285. The Bertz CT molecular complexity index is 319. The Morgan fingerprint density at radius 2 is 1.76 bits per heavy atom. The maximum Gasteiger partial charge on any atom is 0.217 e. The number of nitrogens with zero attached hydrogens (tertiary/aromatic N) is 1. The third-order valence-electron chi connectivity index (χ3n) is 3.42. The molecule has 5 heteroatoms. The molecule has 1 aliphatic rings. The first kappa shape index (κ1) is 14.9. The van der Waals surface area contributed by atoms with Gasteiger partial charge in [-0.15, -0.1) is 0 Å². The molecule has 0 aromatic rings. The van der Waals surface area contributed by atoms with E-state index in [4.69, 9.17) is 0 Å². The molecule has 1 heterocycles. The summed E-state index contributed by atoms with van der Waals surface area (Å²) in [5.74, 6) is 0.658. The van der Waals surface area contributed by atoms with Crippen molar-refractivity contribution in [2.45, 2.75) is 51.8 Å². The van der Waals surface area contributed by atoms with Crippen LogP contribution in [0.15, 0.2) is 0 Å². The standard InChI is InChI=1S/C12H26N2O2S/c1-10(2)13-9-12(4)17(15,16)14-7-5-11(3)6-8-14/h10-13H,5-9H2,1-4H3. The van der Waals surface area contributed by atoms with Gasteiger partial charge < -0.3 is 5.32 Å². The predicted octanol–water partition coefficient (Wildman–Crippen LogP) is 1.43. The van der Waals surface area contributed by atoms with Crippen LogP contribution >= 0.6 is 0 Å². The highest BCUT2D eigenvalue weighted by atomic mass is 32.2. The molecule has 0 radical (unpaired) electrons. The van der Waals surface area contributed by atoms with Crippen LogP contribution in [-0.4, -0.2) is 43.6 Å².